The van der Waals surface area contributed by atoms with Gasteiger partial charge >= 0.3 is 0 Å². The number of thiazole rings is 1. The largest absolute Gasteiger partial charge is 0.381 e. The molecule has 0 aliphatic rings. The second-order valence-electron chi connectivity index (χ2n) is 4.41. The van der Waals surface area contributed by atoms with Gasteiger partial charge in [-0.1, -0.05) is 6.92 Å². The van der Waals surface area contributed by atoms with Crippen molar-refractivity contribution in [1.29, 1.82) is 0 Å². The fraction of sp³-hybridized carbons (Fsp3) is 0.455. The predicted molar refractivity (Wildman–Crippen MR) is 77.8 cm³/mol. The van der Waals surface area contributed by atoms with Crippen LogP contribution in [-0.4, -0.2) is 23.0 Å². The molecule has 20 heavy (non-hydrogen) atoms. The average Bonchev–Trinajstić information content (AvgIpc) is 2.95. The summed E-state index contributed by atoms with van der Waals surface area (Å²) in [5, 5.41) is 0.697. The van der Waals surface area contributed by atoms with E-state index < -0.39 is 16.1 Å². The van der Waals surface area contributed by atoms with Gasteiger partial charge in [0.2, 0.25) is 0 Å². The Bertz CT molecular complexity index is 685. The first kappa shape index (κ1) is 14.9. The first-order chi connectivity index (χ1) is 9.35. The van der Waals surface area contributed by atoms with Crippen molar-refractivity contribution in [2.75, 3.05) is 5.73 Å². The molecule has 110 valence electrons. The maximum atomic E-state index is 12.3. The van der Waals surface area contributed by atoms with E-state index >= 15 is 0 Å². The number of rotatable bonds is 5. The maximum absolute atomic E-state index is 12.3. The summed E-state index contributed by atoms with van der Waals surface area (Å²) in [6, 6.07) is -0.417. The van der Waals surface area contributed by atoms with Gasteiger partial charge in [-0.25, -0.2) is 23.1 Å². The smallest absolute Gasteiger partial charge is 0.260 e. The predicted octanol–water partition coefficient (Wildman–Crippen LogP) is 1.06. The summed E-state index contributed by atoms with van der Waals surface area (Å²) in [5.41, 5.74) is 5.60. The summed E-state index contributed by atoms with van der Waals surface area (Å²) in [4.78, 5) is 9.14. The fourth-order valence-corrected chi connectivity index (χ4v) is 4.17. The first-order valence-electron chi connectivity index (χ1n) is 6.09. The van der Waals surface area contributed by atoms with Crippen LogP contribution >= 0.6 is 11.3 Å². The average molecular weight is 315 g/mol. The monoisotopic (exact) mass is 315 g/mol. The number of nitrogens with one attached hydrogen (secondary N) is 1. The van der Waals surface area contributed by atoms with Crippen molar-refractivity contribution in [2.45, 2.75) is 31.3 Å². The van der Waals surface area contributed by atoms with Crippen LogP contribution in [-0.2, 0) is 23.5 Å². The van der Waals surface area contributed by atoms with Crippen molar-refractivity contribution in [2.24, 2.45) is 7.05 Å². The molecule has 0 radical (unpaired) electrons. The molecule has 3 N–H and O–H groups in total. The Balaban J connectivity index is 2.24. The van der Waals surface area contributed by atoms with E-state index in [0.717, 1.165) is 16.3 Å². The van der Waals surface area contributed by atoms with Gasteiger partial charge in [0.25, 0.3) is 10.0 Å². The molecule has 0 aromatic carbocycles. The lowest BCUT2D eigenvalue weighted by molar-refractivity contribution is 0.557. The summed E-state index contributed by atoms with van der Waals surface area (Å²) in [6.07, 6.45) is 4.02. The maximum Gasteiger partial charge on any atom is 0.260 e. The Kier molecular flexibility index (Phi) is 4.11. The molecule has 7 nitrogen and oxygen atoms in total. The van der Waals surface area contributed by atoms with Crippen LogP contribution in [0.25, 0.3) is 0 Å². The fourth-order valence-electron chi connectivity index (χ4n) is 1.79. The van der Waals surface area contributed by atoms with Gasteiger partial charge in [-0.15, -0.1) is 11.3 Å². The zero-order valence-electron chi connectivity index (χ0n) is 11.5. The molecule has 0 spiro atoms. The standard InChI is InChI=1S/C11H17N5O2S2/c1-4-8-5-13-10(19-8)7(2)15-20(17,18)11-9(12)14-6-16(11)3/h5-7,15H,4,12H2,1-3H3. The highest BCUT2D eigenvalue weighted by atomic mass is 32.2. The van der Waals surface area contributed by atoms with E-state index in [1.54, 1.807) is 20.2 Å². The number of hydrogen-bond acceptors (Lipinski definition) is 6. The van der Waals surface area contributed by atoms with Crippen molar-refractivity contribution in [1.82, 2.24) is 19.3 Å². The van der Waals surface area contributed by atoms with E-state index in [0.29, 0.717) is 0 Å². The van der Waals surface area contributed by atoms with E-state index in [2.05, 4.69) is 14.7 Å². The van der Waals surface area contributed by atoms with Gasteiger partial charge in [-0.2, -0.15) is 0 Å². The summed E-state index contributed by atoms with van der Waals surface area (Å²) in [7, 11) is -2.15. The van der Waals surface area contributed by atoms with Crippen LogP contribution in [0.2, 0.25) is 0 Å². The first-order valence-corrected chi connectivity index (χ1v) is 8.38. The van der Waals surface area contributed by atoms with Gasteiger partial charge in [-0.3, -0.25) is 0 Å². The Hall–Kier alpha value is -1.45. The molecule has 9 heteroatoms. The van der Waals surface area contributed by atoms with E-state index in [1.807, 2.05) is 6.92 Å². The minimum absolute atomic E-state index is 0.0133. The van der Waals surface area contributed by atoms with E-state index in [-0.39, 0.29) is 10.8 Å². The molecular weight excluding hydrogens is 298 g/mol. The zero-order valence-corrected chi connectivity index (χ0v) is 13.1. The van der Waals surface area contributed by atoms with Crippen molar-refractivity contribution in [3.63, 3.8) is 0 Å². The van der Waals surface area contributed by atoms with Crippen LogP contribution in [0.5, 0.6) is 0 Å². The minimum atomic E-state index is -3.73. The van der Waals surface area contributed by atoms with Crippen LogP contribution < -0.4 is 10.5 Å². The molecule has 1 atom stereocenters. The summed E-state index contributed by atoms with van der Waals surface area (Å²) in [6.45, 7) is 3.78. The SMILES string of the molecule is CCc1cnc(C(C)NS(=O)(=O)c2c(N)ncn2C)s1. The number of anilines is 1. The van der Waals surface area contributed by atoms with Gasteiger partial charge in [0.05, 0.1) is 12.4 Å². The third kappa shape index (κ3) is 2.84. The Morgan fingerprint density at radius 3 is 2.70 bits per heavy atom. The number of nitrogens with two attached hydrogens (primary N) is 1. The topological polar surface area (TPSA) is 103 Å². The molecule has 0 bridgehead atoms. The number of imidazole rings is 1. The molecule has 0 saturated heterocycles. The third-order valence-corrected chi connectivity index (χ3v) is 5.78. The molecule has 2 aromatic rings. The molecule has 2 rings (SSSR count). The third-order valence-electron chi connectivity index (χ3n) is 2.79. The van der Waals surface area contributed by atoms with Crippen LogP contribution in [0.4, 0.5) is 5.82 Å². The normalized spacial score (nSPS) is 13.6. The highest BCUT2D eigenvalue weighted by Gasteiger charge is 2.25. The number of nitrogen functional groups attached to an aromatic ring is 1. The Labute approximate surface area is 121 Å². The van der Waals surface area contributed by atoms with Gasteiger partial charge in [0, 0.05) is 18.1 Å². The second kappa shape index (κ2) is 5.51. The van der Waals surface area contributed by atoms with Crippen LogP contribution in [0.1, 0.15) is 29.8 Å². The van der Waals surface area contributed by atoms with E-state index in [4.69, 9.17) is 5.73 Å². The Morgan fingerprint density at radius 2 is 2.20 bits per heavy atom. The second-order valence-corrected chi connectivity index (χ2v) is 7.18. The summed E-state index contributed by atoms with van der Waals surface area (Å²) < 4.78 is 28.6. The molecule has 1 unspecified atom stereocenters. The van der Waals surface area contributed by atoms with Crippen molar-refractivity contribution in [3.8, 4) is 0 Å². The molecule has 0 amide bonds. The molecule has 2 aromatic heterocycles. The number of aromatic nitrogens is 3. The van der Waals surface area contributed by atoms with E-state index in [9.17, 15) is 8.42 Å². The lowest BCUT2D eigenvalue weighted by atomic mass is 10.4. The quantitative estimate of drug-likeness (QED) is 0.859. The highest BCUT2D eigenvalue weighted by Crippen LogP contribution is 2.23. The van der Waals surface area contributed by atoms with Crippen molar-refractivity contribution in [3.05, 3.63) is 22.4 Å². The summed E-state index contributed by atoms with van der Waals surface area (Å²) in [5.74, 6) is -0.0133. The number of sulfonamides is 1. The molecule has 0 aliphatic heterocycles. The molecule has 0 aliphatic carbocycles. The minimum Gasteiger partial charge on any atom is -0.381 e. The number of nitrogens with zero attached hydrogens (tertiary/aromatic N) is 3. The Morgan fingerprint density at radius 1 is 1.50 bits per heavy atom. The number of aryl methyl sites for hydroxylation is 2. The lowest BCUT2D eigenvalue weighted by Crippen LogP contribution is -2.29. The van der Waals surface area contributed by atoms with Gasteiger partial charge < -0.3 is 10.3 Å². The lowest BCUT2D eigenvalue weighted by Gasteiger charge is -2.12. The van der Waals surface area contributed by atoms with E-state index in [1.165, 1.54) is 22.2 Å². The molecular formula is C11H17N5O2S2. The molecule has 0 fully saturated rings. The highest BCUT2D eigenvalue weighted by molar-refractivity contribution is 7.89. The van der Waals surface area contributed by atoms with Gasteiger partial charge in [0.1, 0.15) is 5.01 Å². The van der Waals surface area contributed by atoms with Crippen LogP contribution in [0.15, 0.2) is 17.6 Å². The van der Waals surface area contributed by atoms with Crippen molar-refractivity contribution >= 4 is 27.2 Å². The molecule has 0 saturated carbocycles. The van der Waals surface area contributed by atoms with Crippen LogP contribution in [0, 0.1) is 0 Å². The summed E-state index contributed by atoms with van der Waals surface area (Å²) >= 11 is 1.50. The zero-order chi connectivity index (χ0) is 14.9. The van der Waals surface area contributed by atoms with Gasteiger partial charge in [0.15, 0.2) is 10.8 Å². The molecule has 2 heterocycles. The number of hydrogen-bond donors (Lipinski definition) is 2. The van der Waals surface area contributed by atoms with Gasteiger partial charge in [-0.05, 0) is 13.3 Å². The van der Waals surface area contributed by atoms with Crippen molar-refractivity contribution < 1.29 is 8.42 Å². The van der Waals surface area contributed by atoms with Crippen LogP contribution in [0.3, 0.4) is 0 Å².